The third-order valence-electron chi connectivity index (χ3n) is 6.49. The molecule has 0 atom stereocenters. The average molecular weight is 613 g/mol. The Morgan fingerprint density at radius 3 is 2.40 bits per heavy atom. The van der Waals surface area contributed by atoms with Crippen LogP contribution < -0.4 is 10.6 Å². The van der Waals surface area contributed by atoms with Crippen molar-refractivity contribution < 1.29 is 19.5 Å². The quantitative estimate of drug-likeness (QED) is 0.207. The van der Waals surface area contributed by atoms with E-state index >= 15 is 0 Å². The number of amides is 1. The van der Waals surface area contributed by atoms with Crippen LogP contribution in [0.25, 0.3) is 16.5 Å². The van der Waals surface area contributed by atoms with E-state index in [9.17, 15) is 19.6 Å². The minimum Gasteiger partial charge on any atom is -0.478 e. The lowest BCUT2D eigenvalue weighted by molar-refractivity contribution is -0.121. The smallest absolute Gasteiger partial charge is 0.335 e. The summed E-state index contributed by atoms with van der Waals surface area (Å²) in [4.78, 5) is 38.8. The first kappa shape index (κ1) is 27.2. The molecule has 0 saturated heterocycles. The fourth-order valence-electron chi connectivity index (χ4n) is 4.52. The van der Waals surface area contributed by atoms with Gasteiger partial charge in [0.2, 0.25) is 11.7 Å². The molecule has 5 rings (SSSR count). The Morgan fingerprint density at radius 2 is 1.70 bits per heavy atom. The number of halogens is 1. The molecule has 0 unspecified atom stereocenters. The number of aromatic carboxylic acids is 1. The standard InChI is InChI=1S/C31H22BrN3O4S/c32-20-8-10-21(11-9-20)40-26-13-12-23-28-22(26)2-1-3-24(28)30(37)25(16-33)29(23)34-15-14-27(36)35-17-18-4-6-19(7-5-18)31(38)39/h1-13,34H,14-15,17H2,(H,35,36)(H,38,39). The molecule has 1 amide bonds. The van der Waals surface area contributed by atoms with E-state index in [4.69, 9.17) is 5.11 Å². The summed E-state index contributed by atoms with van der Waals surface area (Å²) in [5.41, 5.74) is 2.64. The highest BCUT2D eigenvalue weighted by atomic mass is 79.9. The molecule has 0 fully saturated rings. The summed E-state index contributed by atoms with van der Waals surface area (Å²) in [6.07, 6.45) is 0.117. The fraction of sp³-hybridized carbons (Fsp3) is 0.0968. The largest absolute Gasteiger partial charge is 0.478 e. The van der Waals surface area contributed by atoms with Gasteiger partial charge in [0, 0.05) is 50.3 Å². The van der Waals surface area contributed by atoms with Gasteiger partial charge >= 0.3 is 5.97 Å². The number of ketones is 1. The van der Waals surface area contributed by atoms with Gasteiger partial charge in [-0.1, -0.05) is 64.1 Å². The third kappa shape index (κ3) is 5.64. The molecule has 0 saturated carbocycles. The van der Waals surface area contributed by atoms with E-state index < -0.39 is 5.97 Å². The number of benzene rings is 4. The molecule has 9 heteroatoms. The van der Waals surface area contributed by atoms with Gasteiger partial charge < -0.3 is 15.7 Å². The summed E-state index contributed by atoms with van der Waals surface area (Å²) < 4.78 is 0.993. The highest BCUT2D eigenvalue weighted by molar-refractivity contribution is 9.10. The summed E-state index contributed by atoms with van der Waals surface area (Å²) in [6, 6.07) is 25.8. The number of rotatable bonds is 9. The minimum absolute atomic E-state index is 0.0206. The average Bonchev–Trinajstić information content (AvgIpc) is 2.96. The molecule has 4 aromatic carbocycles. The van der Waals surface area contributed by atoms with Crippen LogP contribution in [-0.4, -0.2) is 29.3 Å². The van der Waals surface area contributed by atoms with E-state index in [0.717, 1.165) is 36.2 Å². The van der Waals surface area contributed by atoms with Crippen LogP contribution in [0.5, 0.6) is 0 Å². The van der Waals surface area contributed by atoms with Crippen molar-refractivity contribution in [2.24, 2.45) is 0 Å². The molecular formula is C31H22BrN3O4S. The van der Waals surface area contributed by atoms with Crippen molar-refractivity contribution in [3.05, 3.63) is 111 Å². The lowest BCUT2D eigenvalue weighted by Crippen LogP contribution is -2.28. The number of hydrogen-bond donors (Lipinski definition) is 3. The number of allylic oxidation sites excluding steroid dienone is 1. The van der Waals surface area contributed by atoms with Crippen molar-refractivity contribution in [2.75, 3.05) is 6.54 Å². The van der Waals surface area contributed by atoms with Crippen LogP contribution in [0, 0.1) is 11.3 Å². The van der Waals surface area contributed by atoms with Gasteiger partial charge in [-0.2, -0.15) is 5.26 Å². The molecule has 0 heterocycles. The van der Waals surface area contributed by atoms with Gasteiger partial charge in [0.25, 0.3) is 0 Å². The van der Waals surface area contributed by atoms with Gasteiger partial charge in [0.15, 0.2) is 0 Å². The predicted molar refractivity (Wildman–Crippen MR) is 157 cm³/mol. The Kier molecular flexibility index (Phi) is 8.01. The van der Waals surface area contributed by atoms with Crippen molar-refractivity contribution in [3.8, 4) is 6.07 Å². The van der Waals surface area contributed by atoms with E-state index in [1.807, 2.05) is 48.5 Å². The minimum atomic E-state index is -1.01. The Labute approximate surface area is 243 Å². The first-order valence-corrected chi connectivity index (χ1v) is 14.0. The lowest BCUT2D eigenvalue weighted by atomic mass is 9.86. The van der Waals surface area contributed by atoms with Crippen LogP contribution in [0.3, 0.4) is 0 Å². The Morgan fingerprint density at radius 1 is 0.950 bits per heavy atom. The van der Waals surface area contributed by atoms with E-state index in [1.54, 1.807) is 30.0 Å². The summed E-state index contributed by atoms with van der Waals surface area (Å²) >= 11 is 5.06. The van der Waals surface area contributed by atoms with Crippen molar-refractivity contribution in [1.82, 2.24) is 10.6 Å². The van der Waals surface area contributed by atoms with Gasteiger partial charge in [-0.15, -0.1) is 0 Å². The summed E-state index contributed by atoms with van der Waals surface area (Å²) in [7, 11) is 0. The van der Waals surface area contributed by atoms with Gasteiger partial charge in [-0.3, -0.25) is 9.59 Å². The van der Waals surface area contributed by atoms with E-state index in [-0.39, 0.29) is 42.3 Å². The van der Waals surface area contributed by atoms with E-state index in [2.05, 4.69) is 32.6 Å². The second kappa shape index (κ2) is 11.8. The van der Waals surface area contributed by atoms with Crippen LogP contribution in [0.1, 0.15) is 38.3 Å². The van der Waals surface area contributed by atoms with Gasteiger partial charge in [-0.25, -0.2) is 4.79 Å². The number of nitrogens with one attached hydrogen (secondary N) is 2. The predicted octanol–water partition coefficient (Wildman–Crippen LogP) is 6.18. The molecule has 7 nitrogen and oxygen atoms in total. The first-order chi connectivity index (χ1) is 19.4. The third-order valence-corrected chi connectivity index (χ3v) is 8.10. The number of Topliss-reactive ketones (excluding diaryl/α,β-unsaturated/α-hetero) is 1. The zero-order chi connectivity index (χ0) is 28.2. The zero-order valence-corrected chi connectivity index (χ0v) is 23.4. The SMILES string of the molecule is N#CC1=C(NCCC(=O)NCc2ccc(C(=O)O)cc2)c2ccc(Sc3ccc(Br)cc3)c3cccc(c23)C1=O. The van der Waals surface area contributed by atoms with Crippen LogP contribution in [0.4, 0.5) is 0 Å². The van der Waals surface area contributed by atoms with Crippen LogP contribution in [0.15, 0.2) is 98.7 Å². The number of carbonyl (C=O) groups excluding carboxylic acids is 2. The topological polar surface area (TPSA) is 119 Å². The summed E-state index contributed by atoms with van der Waals surface area (Å²) in [5, 5.41) is 26.6. The van der Waals surface area contributed by atoms with Crippen molar-refractivity contribution in [1.29, 1.82) is 5.26 Å². The van der Waals surface area contributed by atoms with Crippen LogP contribution >= 0.6 is 27.7 Å². The number of carboxylic acid groups (broad SMARTS) is 1. The van der Waals surface area contributed by atoms with E-state index in [1.165, 1.54) is 12.1 Å². The fourth-order valence-corrected chi connectivity index (χ4v) is 5.73. The maximum Gasteiger partial charge on any atom is 0.335 e. The zero-order valence-electron chi connectivity index (χ0n) is 21.0. The second-order valence-corrected chi connectivity index (χ2v) is 11.1. The highest BCUT2D eigenvalue weighted by Crippen LogP contribution is 2.41. The normalized spacial score (nSPS) is 12.2. The summed E-state index contributed by atoms with van der Waals surface area (Å²) in [5.74, 6) is -1.57. The Hall–Kier alpha value is -4.39. The van der Waals surface area contributed by atoms with Gasteiger partial charge in [0.1, 0.15) is 11.6 Å². The van der Waals surface area contributed by atoms with Crippen molar-refractivity contribution in [3.63, 3.8) is 0 Å². The lowest BCUT2D eigenvalue weighted by Gasteiger charge is -2.22. The monoisotopic (exact) mass is 611 g/mol. The molecular weight excluding hydrogens is 590 g/mol. The molecule has 0 spiro atoms. The Bertz CT molecular complexity index is 1730. The van der Waals surface area contributed by atoms with Crippen molar-refractivity contribution >= 4 is 61.8 Å². The number of carboxylic acids is 1. The molecule has 0 bridgehead atoms. The maximum absolute atomic E-state index is 13.3. The second-order valence-electron chi connectivity index (χ2n) is 9.04. The first-order valence-electron chi connectivity index (χ1n) is 12.4. The van der Waals surface area contributed by atoms with Crippen LogP contribution in [-0.2, 0) is 11.3 Å². The maximum atomic E-state index is 13.3. The van der Waals surface area contributed by atoms with Crippen LogP contribution in [0.2, 0.25) is 0 Å². The van der Waals surface area contributed by atoms with Gasteiger partial charge in [-0.05, 0) is 53.4 Å². The molecule has 0 radical (unpaired) electrons. The molecule has 198 valence electrons. The Balaban J connectivity index is 1.33. The molecule has 1 aliphatic rings. The highest BCUT2D eigenvalue weighted by Gasteiger charge is 2.28. The summed E-state index contributed by atoms with van der Waals surface area (Å²) in [6.45, 7) is 0.478. The van der Waals surface area contributed by atoms with E-state index in [0.29, 0.717) is 11.3 Å². The molecule has 0 aliphatic heterocycles. The van der Waals surface area contributed by atoms with Gasteiger partial charge in [0.05, 0.1) is 11.3 Å². The number of carbonyl (C=O) groups is 3. The molecule has 3 N–H and O–H groups in total. The number of hydrogen-bond acceptors (Lipinski definition) is 6. The number of nitriles is 1. The molecule has 1 aliphatic carbocycles. The molecule has 40 heavy (non-hydrogen) atoms. The van der Waals surface area contributed by atoms with Crippen molar-refractivity contribution in [2.45, 2.75) is 22.8 Å². The molecule has 0 aromatic heterocycles. The number of nitrogens with zero attached hydrogens (tertiary/aromatic N) is 1. The molecule has 4 aromatic rings.